The number of hydrogen-bond acceptors (Lipinski definition) is 2. The Morgan fingerprint density at radius 1 is 1.00 bits per heavy atom. The molecule has 0 aliphatic carbocycles. The van der Waals surface area contributed by atoms with Gasteiger partial charge in [-0.25, -0.2) is 4.39 Å². The summed E-state index contributed by atoms with van der Waals surface area (Å²) in [6, 6.07) is 15.2. The van der Waals surface area contributed by atoms with Crippen LogP contribution >= 0.6 is 0 Å². The molecule has 4 heteroatoms. The fourth-order valence-electron chi connectivity index (χ4n) is 4.02. The van der Waals surface area contributed by atoms with E-state index >= 15 is 0 Å². The Morgan fingerprint density at radius 3 is 2.54 bits per heavy atom. The van der Waals surface area contributed by atoms with Gasteiger partial charge < -0.3 is 9.80 Å². The Balaban J connectivity index is 1.34. The van der Waals surface area contributed by atoms with Gasteiger partial charge in [-0.3, -0.25) is 4.79 Å². The maximum Gasteiger partial charge on any atom is 0.226 e. The van der Waals surface area contributed by atoms with Crippen LogP contribution in [0.25, 0.3) is 0 Å². The van der Waals surface area contributed by atoms with Crippen LogP contribution in [-0.2, 0) is 11.2 Å². The summed E-state index contributed by atoms with van der Waals surface area (Å²) in [6.07, 6.45) is 3.72. The lowest BCUT2D eigenvalue weighted by molar-refractivity contribution is -0.119. The molecule has 2 aromatic rings. The number of hydrogen-bond donors (Lipinski definition) is 0. The molecule has 1 amide bonds. The largest absolute Gasteiger partial charge is 0.312 e. The molecule has 0 N–H and O–H groups in total. The molecule has 2 saturated heterocycles. The zero-order chi connectivity index (χ0) is 17.9. The number of rotatable bonds is 5. The second kappa shape index (κ2) is 7.58. The van der Waals surface area contributed by atoms with E-state index in [0.717, 1.165) is 51.1 Å². The normalized spacial score (nSPS) is 18.8. The first-order valence-corrected chi connectivity index (χ1v) is 9.57. The van der Waals surface area contributed by atoms with Crippen LogP contribution in [0.1, 0.15) is 36.3 Å². The minimum atomic E-state index is -0.172. The van der Waals surface area contributed by atoms with E-state index in [0.29, 0.717) is 12.3 Å². The van der Waals surface area contributed by atoms with Crippen LogP contribution < -0.4 is 4.90 Å². The van der Waals surface area contributed by atoms with Crippen LogP contribution in [0.2, 0.25) is 0 Å². The van der Waals surface area contributed by atoms with E-state index in [1.165, 1.54) is 11.1 Å². The third-order valence-corrected chi connectivity index (χ3v) is 5.60. The summed E-state index contributed by atoms with van der Waals surface area (Å²) < 4.78 is 13.0. The number of piperidine rings is 1. The monoisotopic (exact) mass is 352 g/mol. The Bertz CT molecular complexity index is 768. The smallest absolute Gasteiger partial charge is 0.226 e. The molecule has 4 rings (SSSR count). The summed E-state index contributed by atoms with van der Waals surface area (Å²) in [5, 5.41) is 0. The highest BCUT2D eigenvalue weighted by molar-refractivity contribution is 5.94. The van der Waals surface area contributed by atoms with Crippen LogP contribution in [0, 0.1) is 5.82 Å². The number of para-hydroxylation sites is 1. The van der Waals surface area contributed by atoms with Crippen molar-refractivity contribution in [1.82, 2.24) is 4.90 Å². The topological polar surface area (TPSA) is 23.6 Å². The maximum atomic E-state index is 13.0. The average molecular weight is 352 g/mol. The number of benzene rings is 2. The lowest BCUT2D eigenvalue weighted by Crippen LogP contribution is -2.45. The highest BCUT2D eigenvalue weighted by Crippen LogP contribution is 2.29. The van der Waals surface area contributed by atoms with Gasteiger partial charge in [0.2, 0.25) is 5.91 Å². The van der Waals surface area contributed by atoms with Crippen LogP contribution in [0.15, 0.2) is 48.5 Å². The molecule has 0 bridgehead atoms. The molecule has 2 fully saturated rings. The van der Waals surface area contributed by atoms with Gasteiger partial charge in [0.25, 0.3) is 0 Å². The molecule has 2 aliphatic heterocycles. The third-order valence-electron chi connectivity index (χ3n) is 5.60. The highest BCUT2D eigenvalue weighted by atomic mass is 19.1. The minimum Gasteiger partial charge on any atom is -0.312 e. The van der Waals surface area contributed by atoms with Gasteiger partial charge in [-0.15, -0.1) is 0 Å². The average Bonchev–Trinajstić information content (AvgIpc) is 2.63. The number of carbonyl (C=O) groups is 1. The molecule has 0 radical (unpaired) electrons. The predicted octanol–water partition coefficient (Wildman–Crippen LogP) is 3.98. The van der Waals surface area contributed by atoms with E-state index in [-0.39, 0.29) is 11.7 Å². The van der Waals surface area contributed by atoms with Gasteiger partial charge in [-0.2, -0.15) is 0 Å². The molecule has 0 saturated carbocycles. The van der Waals surface area contributed by atoms with Crippen molar-refractivity contribution >= 4 is 11.6 Å². The molecule has 136 valence electrons. The zero-order valence-corrected chi connectivity index (χ0v) is 15.0. The number of halogens is 1. The summed E-state index contributed by atoms with van der Waals surface area (Å²) in [6.45, 7) is 3.88. The Kier molecular flexibility index (Phi) is 5.02. The predicted molar refractivity (Wildman–Crippen MR) is 102 cm³/mol. The molecular weight excluding hydrogens is 327 g/mol. The van der Waals surface area contributed by atoms with Gasteiger partial charge in [-0.1, -0.05) is 30.3 Å². The second-order valence-electron chi connectivity index (χ2n) is 7.39. The van der Waals surface area contributed by atoms with Crippen molar-refractivity contribution in [1.29, 1.82) is 0 Å². The van der Waals surface area contributed by atoms with Crippen molar-refractivity contribution in [3.05, 3.63) is 65.5 Å². The number of anilines is 1. The molecular formula is C22H25FN2O. The maximum absolute atomic E-state index is 13.0. The van der Waals surface area contributed by atoms with Crippen molar-refractivity contribution < 1.29 is 9.18 Å². The molecule has 2 aliphatic rings. The van der Waals surface area contributed by atoms with Gasteiger partial charge in [0.05, 0.1) is 0 Å². The van der Waals surface area contributed by atoms with E-state index in [1.807, 2.05) is 23.1 Å². The van der Waals surface area contributed by atoms with Gasteiger partial charge in [0.15, 0.2) is 0 Å². The van der Waals surface area contributed by atoms with Gasteiger partial charge in [0, 0.05) is 44.2 Å². The summed E-state index contributed by atoms with van der Waals surface area (Å²) in [5.74, 6) is 0.590. The van der Waals surface area contributed by atoms with Crippen LogP contribution in [0.4, 0.5) is 10.1 Å². The molecule has 2 heterocycles. The summed E-state index contributed by atoms with van der Waals surface area (Å²) in [4.78, 5) is 16.7. The quantitative estimate of drug-likeness (QED) is 0.812. The minimum absolute atomic E-state index is 0.172. The molecule has 0 aromatic heterocycles. The summed E-state index contributed by atoms with van der Waals surface area (Å²) in [7, 11) is 0. The molecule has 0 atom stereocenters. The first-order chi connectivity index (χ1) is 12.7. The molecule has 0 unspecified atom stereocenters. The Hall–Kier alpha value is -2.20. The highest BCUT2D eigenvalue weighted by Gasteiger charge is 2.28. The number of likely N-dealkylation sites (tertiary alicyclic amines) is 1. The van der Waals surface area contributed by atoms with Crippen molar-refractivity contribution in [3.63, 3.8) is 0 Å². The number of nitrogens with zero attached hydrogens (tertiary/aromatic N) is 2. The number of amides is 1. The lowest BCUT2D eigenvalue weighted by atomic mass is 9.91. The zero-order valence-electron chi connectivity index (χ0n) is 15.0. The van der Waals surface area contributed by atoms with Crippen molar-refractivity contribution in [2.24, 2.45) is 0 Å². The first kappa shape index (κ1) is 17.2. The SMILES string of the molecule is O=C1CCCCN1c1ccccc1CCN1CC(c2ccc(F)cc2)C1. The molecule has 3 nitrogen and oxygen atoms in total. The van der Waals surface area contributed by atoms with Gasteiger partial charge in [-0.05, 0) is 48.6 Å². The fraction of sp³-hybridized carbons (Fsp3) is 0.409. The fourth-order valence-corrected chi connectivity index (χ4v) is 4.02. The molecule has 2 aromatic carbocycles. The second-order valence-corrected chi connectivity index (χ2v) is 7.39. The standard InChI is InChI=1S/C22H25FN2O/c23-20-10-8-17(9-11-20)19-15-24(16-19)14-12-18-5-1-2-6-21(18)25-13-4-3-7-22(25)26/h1-2,5-6,8-11,19H,3-4,7,12-16H2. The Labute approximate surface area is 154 Å². The van der Waals surface area contributed by atoms with E-state index in [2.05, 4.69) is 23.1 Å². The Morgan fingerprint density at radius 2 is 1.77 bits per heavy atom. The first-order valence-electron chi connectivity index (χ1n) is 9.57. The van der Waals surface area contributed by atoms with Gasteiger partial charge >= 0.3 is 0 Å². The van der Waals surface area contributed by atoms with Crippen LogP contribution in [0.3, 0.4) is 0 Å². The van der Waals surface area contributed by atoms with Crippen molar-refractivity contribution in [2.45, 2.75) is 31.6 Å². The van der Waals surface area contributed by atoms with Crippen molar-refractivity contribution in [3.8, 4) is 0 Å². The summed E-state index contributed by atoms with van der Waals surface area (Å²) in [5.41, 5.74) is 3.57. The lowest BCUT2D eigenvalue weighted by Gasteiger charge is -2.40. The van der Waals surface area contributed by atoms with Crippen molar-refractivity contribution in [2.75, 3.05) is 31.1 Å². The van der Waals surface area contributed by atoms with E-state index in [1.54, 1.807) is 12.1 Å². The number of carbonyl (C=O) groups excluding carboxylic acids is 1. The summed E-state index contributed by atoms with van der Waals surface area (Å²) >= 11 is 0. The van der Waals surface area contributed by atoms with E-state index < -0.39 is 0 Å². The van der Waals surface area contributed by atoms with E-state index in [9.17, 15) is 9.18 Å². The van der Waals surface area contributed by atoms with Crippen LogP contribution in [-0.4, -0.2) is 37.0 Å². The van der Waals surface area contributed by atoms with E-state index in [4.69, 9.17) is 0 Å². The molecule has 26 heavy (non-hydrogen) atoms. The van der Waals surface area contributed by atoms with Crippen LogP contribution in [0.5, 0.6) is 0 Å². The third kappa shape index (κ3) is 3.65. The van der Waals surface area contributed by atoms with Gasteiger partial charge in [0.1, 0.15) is 5.82 Å². The molecule has 0 spiro atoms.